The van der Waals surface area contributed by atoms with Crippen LogP contribution in [0.25, 0.3) is 11.0 Å². The summed E-state index contributed by atoms with van der Waals surface area (Å²) in [5.41, 5.74) is 3.65. The Balaban J connectivity index is 1.63. The molecule has 2 aromatic carbocycles. The molecule has 0 spiro atoms. The molecule has 0 saturated heterocycles. The molecule has 0 bridgehead atoms. The third kappa shape index (κ3) is 3.29. The number of carbonyl (C=O) groups excluding carboxylic acids is 1. The van der Waals surface area contributed by atoms with Crippen LogP contribution in [0.2, 0.25) is 0 Å². The van der Waals surface area contributed by atoms with Crippen molar-refractivity contribution in [2.75, 3.05) is 4.90 Å². The number of thiophene rings is 1. The maximum Gasteiger partial charge on any atom is 0.249 e. The highest BCUT2D eigenvalue weighted by molar-refractivity contribution is 7.07. The van der Waals surface area contributed by atoms with Crippen LogP contribution in [0, 0.1) is 0 Å². The Morgan fingerprint density at radius 2 is 1.84 bits per heavy atom. The summed E-state index contributed by atoms with van der Waals surface area (Å²) >= 11 is 1.63. The number of nitrogens with zero attached hydrogens (tertiary/aromatic N) is 4. The molecule has 4 rings (SSSR count). The summed E-state index contributed by atoms with van der Waals surface area (Å²) in [5, 5.41) is 12.3. The average molecular weight is 348 g/mol. The minimum Gasteiger partial charge on any atom is -0.306 e. The number of hydrogen-bond donors (Lipinski definition) is 0. The minimum absolute atomic E-state index is 0.0203. The van der Waals surface area contributed by atoms with Crippen molar-refractivity contribution in [2.24, 2.45) is 0 Å². The Labute approximate surface area is 149 Å². The van der Waals surface area contributed by atoms with E-state index in [0.717, 1.165) is 22.3 Å². The van der Waals surface area contributed by atoms with E-state index in [-0.39, 0.29) is 12.5 Å². The van der Waals surface area contributed by atoms with E-state index in [9.17, 15) is 4.79 Å². The molecule has 25 heavy (non-hydrogen) atoms. The molecule has 0 fully saturated rings. The Kier molecular flexibility index (Phi) is 4.26. The van der Waals surface area contributed by atoms with Gasteiger partial charge in [0.25, 0.3) is 0 Å². The Hall–Kier alpha value is -2.99. The van der Waals surface area contributed by atoms with Gasteiger partial charge in [0.15, 0.2) is 0 Å². The summed E-state index contributed by atoms with van der Waals surface area (Å²) < 4.78 is 1.65. The molecule has 5 nitrogen and oxygen atoms in total. The molecule has 4 aromatic rings. The van der Waals surface area contributed by atoms with Crippen molar-refractivity contribution in [2.45, 2.75) is 13.1 Å². The Morgan fingerprint density at radius 1 is 1.04 bits per heavy atom. The number of benzene rings is 2. The molecule has 0 unspecified atom stereocenters. The van der Waals surface area contributed by atoms with Gasteiger partial charge in [0.05, 0.1) is 12.1 Å². The third-order valence-electron chi connectivity index (χ3n) is 3.99. The van der Waals surface area contributed by atoms with Gasteiger partial charge in [-0.2, -0.15) is 11.3 Å². The second-order valence-corrected chi connectivity index (χ2v) is 6.46. The topological polar surface area (TPSA) is 51.0 Å². The second kappa shape index (κ2) is 6.86. The standard InChI is InChI=1S/C19H16N4OS/c24-19(13-23-18-9-5-4-8-17(18)20-21-23)22(12-15-10-11-25-14-15)16-6-2-1-3-7-16/h1-11,14H,12-13H2. The minimum atomic E-state index is -0.0203. The van der Waals surface area contributed by atoms with Gasteiger partial charge in [-0.1, -0.05) is 35.5 Å². The zero-order valence-corrected chi connectivity index (χ0v) is 14.3. The monoisotopic (exact) mass is 348 g/mol. The predicted octanol–water partition coefficient (Wildman–Crippen LogP) is 3.73. The van der Waals surface area contributed by atoms with E-state index < -0.39 is 0 Å². The lowest BCUT2D eigenvalue weighted by molar-refractivity contribution is -0.119. The van der Waals surface area contributed by atoms with Crippen molar-refractivity contribution in [3.8, 4) is 0 Å². The van der Waals surface area contributed by atoms with E-state index in [1.807, 2.05) is 66.0 Å². The maximum atomic E-state index is 13.0. The van der Waals surface area contributed by atoms with Gasteiger partial charge in [0.1, 0.15) is 12.1 Å². The molecule has 0 aliphatic heterocycles. The first kappa shape index (κ1) is 15.5. The van der Waals surface area contributed by atoms with Gasteiger partial charge in [-0.25, -0.2) is 4.68 Å². The predicted molar refractivity (Wildman–Crippen MR) is 99.5 cm³/mol. The van der Waals surface area contributed by atoms with Crippen molar-refractivity contribution in [3.63, 3.8) is 0 Å². The SMILES string of the molecule is O=C(Cn1nnc2ccccc21)N(Cc1ccsc1)c1ccccc1. The molecular weight excluding hydrogens is 332 g/mol. The molecule has 0 N–H and O–H groups in total. The fraction of sp³-hybridized carbons (Fsp3) is 0.105. The summed E-state index contributed by atoms with van der Waals surface area (Å²) in [6.45, 7) is 0.693. The molecule has 2 heterocycles. The first-order valence-corrected chi connectivity index (χ1v) is 8.90. The van der Waals surface area contributed by atoms with Crippen LogP contribution < -0.4 is 4.90 Å². The Morgan fingerprint density at radius 3 is 2.64 bits per heavy atom. The summed E-state index contributed by atoms with van der Waals surface area (Å²) in [6.07, 6.45) is 0. The average Bonchev–Trinajstić information content (AvgIpc) is 3.31. The summed E-state index contributed by atoms with van der Waals surface area (Å²) in [6, 6.07) is 19.4. The van der Waals surface area contributed by atoms with E-state index in [1.165, 1.54) is 0 Å². The van der Waals surface area contributed by atoms with Gasteiger partial charge in [0.2, 0.25) is 5.91 Å². The smallest absolute Gasteiger partial charge is 0.249 e. The summed E-state index contributed by atoms with van der Waals surface area (Å²) in [4.78, 5) is 14.8. The first-order chi connectivity index (χ1) is 12.3. The van der Waals surface area contributed by atoms with Crippen LogP contribution in [0.4, 0.5) is 5.69 Å². The van der Waals surface area contributed by atoms with Crippen molar-refractivity contribution >= 4 is 34.0 Å². The van der Waals surface area contributed by atoms with E-state index in [2.05, 4.69) is 15.7 Å². The largest absolute Gasteiger partial charge is 0.306 e. The lowest BCUT2D eigenvalue weighted by Crippen LogP contribution is -2.33. The Bertz CT molecular complexity index is 979. The van der Waals surface area contributed by atoms with Crippen LogP contribution in [0.15, 0.2) is 71.4 Å². The first-order valence-electron chi connectivity index (χ1n) is 7.96. The second-order valence-electron chi connectivity index (χ2n) is 5.68. The van der Waals surface area contributed by atoms with Crippen molar-refractivity contribution in [1.82, 2.24) is 15.0 Å². The van der Waals surface area contributed by atoms with E-state index in [4.69, 9.17) is 0 Å². The van der Waals surface area contributed by atoms with Crippen LogP contribution in [0.5, 0.6) is 0 Å². The van der Waals surface area contributed by atoms with E-state index in [1.54, 1.807) is 20.9 Å². The zero-order chi connectivity index (χ0) is 17.1. The highest BCUT2D eigenvalue weighted by atomic mass is 32.1. The van der Waals surface area contributed by atoms with E-state index in [0.29, 0.717) is 6.54 Å². The molecule has 1 amide bonds. The summed E-state index contributed by atoms with van der Waals surface area (Å²) in [7, 11) is 0. The third-order valence-corrected chi connectivity index (χ3v) is 4.73. The summed E-state index contributed by atoms with van der Waals surface area (Å²) in [5.74, 6) is -0.0203. The normalized spacial score (nSPS) is 10.9. The number of amides is 1. The van der Waals surface area contributed by atoms with Crippen LogP contribution in [0.3, 0.4) is 0 Å². The molecule has 124 valence electrons. The number of fused-ring (bicyclic) bond motifs is 1. The molecule has 0 aliphatic carbocycles. The highest BCUT2D eigenvalue weighted by Crippen LogP contribution is 2.19. The molecule has 0 radical (unpaired) electrons. The van der Waals surface area contributed by atoms with Gasteiger partial charge >= 0.3 is 0 Å². The lowest BCUT2D eigenvalue weighted by Gasteiger charge is -2.22. The van der Waals surface area contributed by atoms with Crippen LogP contribution >= 0.6 is 11.3 Å². The number of anilines is 1. The number of carbonyl (C=O) groups is 1. The molecule has 2 aromatic heterocycles. The fourth-order valence-electron chi connectivity index (χ4n) is 2.74. The highest BCUT2D eigenvalue weighted by Gasteiger charge is 2.18. The molecule has 6 heteroatoms. The van der Waals surface area contributed by atoms with Crippen LogP contribution in [0.1, 0.15) is 5.56 Å². The van der Waals surface area contributed by atoms with Gasteiger partial charge in [0, 0.05) is 5.69 Å². The number of para-hydroxylation sites is 2. The van der Waals surface area contributed by atoms with Crippen molar-refractivity contribution in [3.05, 3.63) is 77.0 Å². The molecule has 0 aliphatic rings. The van der Waals surface area contributed by atoms with Crippen LogP contribution in [-0.2, 0) is 17.9 Å². The fourth-order valence-corrected chi connectivity index (χ4v) is 3.40. The van der Waals surface area contributed by atoms with Gasteiger partial charge < -0.3 is 4.90 Å². The molecular formula is C19H16N4OS. The van der Waals surface area contributed by atoms with Gasteiger partial charge in [-0.3, -0.25) is 4.79 Å². The number of aromatic nitrogens is 3. The number of rotatable bonds is 5. The maximum absolute atomic E-state index is 13.0. The van der Waals surface area contributed by atoms with E-state index >= 15 is 0 Å². The molecule has 0 atom stereocenters. The van der Waals surface area contributed by atoms with Gasteiger partial charge in [-0.15, -0.1) is 5.10 Å². The zero-order valence-electron chi connectivity index (χ0n) is 13.4. The quantitative estimate of drug-likeness (QED) is 0.552. The van der Waals surface area contributed by atoms with Gasteiger partial charge in [-0.05, 0) is 46.7 Å². The molecule has 0 saturated carbocycles. The van der Waals surface area contributed by atoms with Crippen molar-refractivity contribution in [1.29, 1.82) is 0 Å². The number of hydrogen-bond acceptors (Lipinski definition) is 4. The van der Waals surface area contributed by atoms with Crippen LogP contribution in [-0.4, -0.2) is 20.9 Å². The lowest BCUT2D eigenvalue weighted by atomic mass is 10.2. The van der Waals surface area contributed by atoms with Crippen molar-refractivity contribution < 1.29 is 4.79 Å².